The SMILES string of the molecule is CCCOc1ccc(-c2coc3c([C@@H]4O[C@H](CO)[C@@H](O)[C@H](O)[C@H]4O)c(O)ccc3c2=O)cc1. The van der Waals surface area contributed by atoms with Gasteiger partial charge in [0.2, 0.25) is 5.43 Å². The molecular weight excluding hydrogens is 432 g/mol. The fourth-order valence-corrected chi connectivity index (χ4v) is 3.98. The first-order valence-electron chi connectivity index (χ1n) is 10.7. The van der Waals surface area contributed by atoms with Gasteiger partial charge in [-0.15, -0.1) is 0 Å². The summed E-state index contributed by atoms with van der Waals surface area (Å²) in [6.07, 6.45) is -5.24. The zero-order valence-electron chi connectivity index (χ0n) is 17.9. The molecule has 2 heterocycles. The zero-order chi connectivity index (χ0) is 23.7. The number of aromatic hydroxyl groups is 1. The van der Waals surface area contributed by atoms with Crippen LogP contribution in [0.25, 0.3) is 22.1 Å². The summed E-state index contributed by atoms with van der Waals surface area (Å²) >= 11 is 0. The van der Waals surface area contributed by atoms with Gasteiger partial charge in [-0.05, 0) is 36.2 Å². The van der Waals surface area contributed by atoms with Crippen LogP contribution in [0, 0.1) is 0 Å². The second-order valence-electron chi connectivity index (χ2n) is 7.98. The molecule has 3 aromatic rings. The highest BCUT2D eigenvalue weighted by Crippen LogP contribution is 2.40. The van der Waals surface area contributed by atoms with Gasteiger partial charge in [-0.3, -0.25) is 4.79 Å². The van der Waals surface area contributed by atoms with Crippen LogP contribution in [0.15, 0.2) is 51.9 Å². The first-order chi connectivity index (χ1) is 15.9. The molecular formula is C24H26O9. The molecule has 5 N–H and O–H groups in total. The molecule has 0 amide bonds. The molecule has 0 aliphatic carbocycles. The molecule has 0 saturated carbocycles. The third-order valence-corrected chi connectivity index (χ3v) is 5.77. The number of hydrogen-bond acceptors (Lipinski definition) is 9. The summed E-state index contributed by atoms with van der Waals surface area (Å²) in [5.41, 5.74) is 0.434. The Bertz CT molecular complexity index is 1170. The first-order valence-corrected chi connectivity index (χ1v) is 10.7. The van der Waals surface area contributed by atoms with Gasteiger partial charge in [-0.2, -0.15) is 0 Å². The number of aliphatic hydroxyl groups excluding tert-OH is 4. The van der Waals surface area contributed by atoms with Gasteiger partial charge in [-0.1, -0.05) is 19.1 Å². The van der Waals surface area contributed by atoms with Crippen LogP contribution in [-0.2, 0) is 4.74 Å². The summed E-state index contributed by atoms with van der Waals surface area (Å²) in [6.45, 7) is 1.96. The molecule has 4 rings (SSSR count). The lowest BCUT2D eigenvalue weighted by molar-refractivity contribution is -0.231. The fraction of sp³-hybridized carbons (Fsp3) is 0.375. The second kappa shape index (κ2) is 9.50. The Hall–Kier alpha value is -2.95. The van der Waals surface area contributed by atoms with Crippen LogP contribution >= 0.6 is 0 Å². The van der Waals surface area contributed by atoms with E-state index in [-0.39, 0.29) is 33.3 Å². The molecule has 1 aliphatic heterocycles. The van der Waals surface area contributed by atoms with Crippen molar-refractivity contribution in [2.75, 3.05) is 13.2 Å². The maximum Gasteiger partial charge on any atom is 0.200 e. The molecule has 2 aromatic carbocycles. The molecule has 5 atom stereocenters. The van der Waals surface area contributed by atoms with Crippen LogP contribution in [0.4, 0.5) is 0 Å². The number of aliphatic hydroxyl groups is 4. The van der Waals surface area contributed by atoms with Gasteiger partial charge < -0.3 is 39.4 Å². The zero-order valence-corrected chi connectivity index (χ0v) is 17.9. The minimum Gasteiger partial charge on any atom is -0.507 e. The van der Waals surface area contributed by atoms with Crippen molar-refractivity contribution in [1.29, 1.82) is 0 Å². The Balaban J connectivity index is 1.77. The normalized spacial score (nSPS) is 25.3. The highest BCUT2D eigenvalue weighted by Gasteiger charge is 2.45. The van der Waals surface area contributed by atoms with Crippen molar-refractivity contribution < 1.29 is 39.4 Å². The third kappa shape index (κ3) is 4.21. The fourth-order valence-electron chi connectivity index (χ4n) is 3.98. The Kier molecular flexibility index (Phi) is 6.68. The van der Waals surface area contributed by atoms with Gasteiger partial charge in [0, 0.05) is 0 Å². The Morgan fingerprint density at radius 3 is 2.39 bits per heavy atom. The highest BCUT2D eigenvalue weighted by molar-refractivity contribution is 5.86. The number of ether oxygens (including phenoxy) is 2. The van der Waals surface area contributed by atoms with E-state index in [4.69, 9.17) is 13.9 Å². The molecule has 9 nitrogen and oxygen atoms in total. The van der Waals surface area contributed by atoms with E-state index in [0.29, 0.717) is 17.9 Å². The largest absolute Gasteiger partial charge is 0.507 e. The molecule has 0 unspecified atom stereocenters. The van der Waals surface area contributed by atoms with E-state index >= 15 is 0 Å². The van der Waals surface area contributed by atoms with E-state index in [9.17, 15) is 30.3 Å². The summed E-state index contributed by atoms with van der Waals surface area (Å²) in [5.74, 6) is 0.348. The van der Waals surface area contributed by atoms with Crippen molar-refractivity contribution >= 4 is 11.0 Å². The number of phenolic OH excluding ortho intramolecular Hbond substituents is 1. The van der Waals surface area contributed by atoms with Gasteiger partial charge >= 0.3 is 0 Å². The van der Waals surface area contributed by atoms with E-state index < -0.39 is 37.1 Å². The summed E-state index contributed by atoms with van der Waals surface area (Å²) in [6, 6.07) is 9.65. The van der Waals surface area contributed by atoms with Crippen molar-refractivity contribution in [3.63, 3.8) is 0 Å². The van der Waals surface area contributed by atoms with Crippen LogP contribution in [0.5, 0.6) is 11.5 Å². The summed E-state index contributed by atoms with van der Waals surface area (Å²) in [5, 5.41) is 50.8. The molecule has 0 spiro atoms. The number of hydrogen-bond donors (Lipinski definition) is 5. The molecule has 1 fully saturated rings. The standard InChI is InChI=1S/C24H26O9/c1-2-9-31-13-5-3-12(4-6-13)15-11-32-23-14(19(15)27)7-8-16(26)18(23)24-22(30)21(29)20(28)17(10-25)33-24/h3-8,11,17,20-22,24-26,28-30H,2,9-10H2,1H3/t17-,20-,21+,22-,24+/m1/s1. The first kappa shape index (κ1) is 23.2. The van der Waals surface area contributed by atoms with Gasteiger partial charge in [0.05, 0.1) is 29.7 Å². The summed E-state index contributed by atoms with van der Waals surface area (Å²) in [4.78, 5) is 13.2. The van der Waals surface area contributed by atoms with E-state index in [1.54, 1.807) is 24.3 Å². The molecule has 176 valence electrons. The molecule has 1 saturated heterocycles. The van der Waals surface area contributed by atoms with E-state index in [1.807, 2.05) is 6.92 Å². The smallest absolute Gasteiger partial charge is 0.200 e. The van der Waals surface area contributed by atoms with Gasteiger partial charge in [-0.25, -0.2) is 0 Å². The number of fused-ring (bicyclic) bond motifs is 1. The maximum atomic E-state index is 13.2. The molecule has 1 aliphatic rings. The van der Waals surface area contributed by atoms with E-state index in [0.717, 1.165) is 6.42 Å². The van der Waals surface area contributed by atoms with E-state index in [1.165, 1.54) is 18.4 Å². The molecule has 33 heavy (non-hydrogen) atoms. The van der Waals surface area contributed by atoms with Gasteiger partial charge in [0.1, 0.15) is 53.9 Å². The quantitative estimate of drug-likeness (QED) is 0.370. The topological polar surface area (TPSA) is 150 Å². The molecule has 0 radical (unpaired) electrons. The minimum absolute atomic E-state index is 0.0315. The number of benzene rings is 2. The monoisotopic (exact) mass is 458 g/mol. The van der Waals surface area contributed by atoms with Crippen LogP contribution < -0.4 is 10.2 Å². The predicted molar refractivity (Wildman–Crippen MR) is 118 cm³/mol. The minimum atomic E-state index is -1.64. The molecule has 9 heteroatoms. The molecule has 1 aromatic heterocycles. The summed E-state index contributed by atoms with van der Waals surface area (Å²) < 4.78 is 16.9. The number of rotatable bonds is 6. The predicted octanol–water partition coefficient (Wildman–Crippen LogP) is 1.47. The van der Waals surface area contributed by atoms with Crippen LogP contribution in [0.3, 0.4) is 0 Å². The Morgan fingerprint density at radius 2 is 1.73 bits per heavy atom. The summed E-state index contributed by atoms with van der Waals surface area (Å²) in [7, 11) is 0. The van der Waals surface area contributed by atoms with Crippen LogP contribution in [-0.4, -0.2) is 63.2 Å². The Morgan fingerprint density at radius 1 is 1.00 bits per heavy atom. The van der Waals surface area contributed by atoms with Crippen molar-refractivity contribution in [2.45, 2.75) is 43.9 Å². The lowest BCUT2D eigenvalue weighted by Gasteiger charge is -2.40. The van der Waals surface area contributed by atoms with Crippen molar-refractivity contribution in [1.82, 2.24) is 0 Å². The highest BCUT2D eigenvalue weighted by atomic mass is 16.5. The van der Waals surface area contributed by atoms with Crippen LogP contribution in [0.2, 0.25) is 0 Å². The van der Waals surface area contributed by atoms with Crippen molar-refractivity contribution in [2.24, 2.45) is 0 Å². The average Bonchev–Trinajstić information content (AvgIpc) is 2.83. The molecule has 0 bridgehead atoms. The second-order valence-corrected chi connectivity index (χ2v) is 7.98. The third-order valence-electron chi connectivity index (χ3n) is 5.77. The Labute approximate surface area is 189 Å². The van der Waals surface area contributed by atoms with E-state index in [2.05, 4.69) is 0 Å². The van der Waals surface area contributed by atoms with Crippen molar-refractivity contribution in [3.05, 3.63) is 58.4 Å². The van der Waals surface area contributed by atoms with Crippen LogP contribution in [0.1, 0.15) is 25.0 Å². The average molecular weight is 458 g/mol. The van der Waals surface area contributed by atoms with Gasteiger partial charge in [0.25, 0.3) is 0 Å². The van der Waals surface area contributed by atoms with Gasteiger partial charge in [0.15, 0.2) is 0 Å². The lowest BCUT2D eigenvalue weighted by Crippen LogP contribution is -2.55. The maximum absolute atomic E-state index is 13.2. The lowest BCUT2D eigenvalue weighted by atomic mass is 9.89. The van der Waals surface area contributed by atoms with Crippen molar-refractivity contribution in [3.8, 4) is 22.6 Å². The number of phenols is 1.